The molecule has 0 fully saturated rings. The molecule has 0 aliphatic rings. The third-order valence-corrected chi connectivity index (χ3v) is 9.06. The largest absolute Gasteiger partial charge is 0.456 e. The van der Waals surface area contributed by atoms with E-state index in [0.717, 1.165) is 39.1 Å². The SMILES string of the molecule is [2H]c1cc2c(oc3c([2H])cc([2H])c(-c4nc(-c5ccc(-c6cccc7ccccc67)c(-c6ccccc6)c5)nc(-c5c([2H])cc(-c6c([2H])c([2H])c([2H])c([2H])c6[2H])c([2H])c5[2H])n4)c32)c([2H])c1[2H]. The van der Waals surface area contributed by atoms with Gasteiger partial charge in [0.15, 0.2) is 17.5 Å². The van der Waals surface area contributed by atoms with Crippen LogP contribution in [0.15, 0.2) is 192 Å². The van der Waals surface area contributed by atoms with Gasteiger partial charge in [-0.05, 0) is 62.3 Å². The maximum absolute atomic E-state index is 9.29. The second-order valence-corrected chi connectivity index (χ2v) is 12.2. The van der Waals surface area contributed by atoms with E-state index in [2.05, 4.69) is 6.07 Å². The van der Waals surface area contributed by atoms with E-state index in [0.29, 0.717) is 5.56 Å². The molecule has 0 spiro atoms. The van der Waals surface area contributed by atoms with Crippen molar-refractivity contribution in [3.8, 4) is 67.5 Å². The summed E-state index contributed by atoms with van der Waals surface area (Å²) in [7, 11) is 0. The van der Waals surface area contributed by atoms with Gasteiger partial charge in [-0.15, -0.1) is 0 Å². The molecule has 0 atom stereocenters. The van der Waals surface area contributed by atoms with Crippen LogP contribution in [0.25, 0.3) is 100 Å². The van der Waals surface area contributed by atoms with Crippen molar-refractivity contribution in [3.63, 3.8) is 0 Å². The van der Waals surface area contributed by atoms with Crippen LogP contribution < -0.4 is 0 Å². The molecule has 0 unspecified atom stereocenters. The lowest BCUT2D eigenvalue weighted by atomic mass is 9.90. The molecule has 10 rings (SSSR count). The van der Waals surface area contributed by atoms with Gasteiger partial charge in [0.1, 0.15) is 11.2 Å². The van der Waals surface area contributed by atoms with E-state index < -0.39 is 54.4 Å². The fourth-order valence-corrected chi connectivity index (χ4v) is 6.60. The van der Waals surface area contributed by atoms with Crippen LogP contribution in [0.3, 0.4) is 0 Å². The first-order chi connectivity index (χ1) is 31.6. The van der Waals surface area contributed by atoms with Gasteiger partial charge in [-0.2, -0.15) is 0 Å². The first kappa shape index (κ1) is 20.0. The maximum atomic E-state index is 9.29. The molecule has 2 heterocycles. The monoisotopic (exact) mass is 690 g/mol. The summed E-state index contributed by atoms with van der Waals surface area (Å²) in [6.07, 6.45) is 0. The van der Waals surface area contributed by atoms with Crippen molar-refractivity contribution in [1.29, 1.82) is 0 Å². The van der Waals surface area contributed by atoms with Gasteiger partial charge < -0.3 is 4.42 Å². The minimum Gasteiger partial charge on any atom is -0.456 e. The molecule has 8 aromatic carbocycles. The van der Waals surface area contributed by atoms with Crippen LogP contribution in [0.5, 0.6) is 0 Å². The number of rotatable bonds is 6. The summed E-state index contributed by atoms with van der Waals surface area (Å²) >= 11 is 0. The second-order valence-electron chi connectivity index (χ2n) is 12.2. The molecule has 0 bridgehead atoms. The van der Waals surface area contributed by atoms with Crippen LogP contribution in [-0.4, -0.2) is 15.0 Å². The standard InChI is InChI=1S/C49H31N3O/c1-3-13-32(14-4-1)33-25-27-36(28-26-33)47-50-48(52-49(51-47)42-22-12-24-45-46(42)41-20-9-10-23-44(41)53-45)37-29-30-40(43(31-37)35-15-5-2-6-16-35)39-21-11-18-34-17-7-8-19-38(34)39/h1-31H/i1D,3D,4D,9D,10D,13D,14D,22D,23D,24D,25D,27D,28D. The number of hydrogen-bond donors (Lipinski definition) is 0. The molecule has 4 heteroatoms. The highest BCUT2D eigenvalue weighted by atomic mass is 16.3. The smallest absolute Gasteiger partial charge is 0.164 e. The summed E-state index contributed by atoms with van der Waals surface area (Å²) in [4.78, 5) is 14.5. The van der Waals surface area contributed by atoms with Crippen LogP contribution in [0.1, 0.15) is 17.8 Å². The van der Waals surface area contributed by atoms with E-state index in [1.165, 1.54) is 12.1 Å². The van der Waals surface area contributed by atoms with Gasteiger partial charge in [-0.3, -0.25) is 0 Å². The predicted molar refractivity (Wildman–Crippen MR) is 217 cm³/mol. The predicted octanol–water partition coefficient (Wildman–Crippen LogP) is 12.9. The second kappa shape index (κ2) is 12.9. The number of fused-ring (bicyclic) bond motifs is 4. The third kappa shape index (κ3) is 5.54. The van der Waals surface area contributed by atoms with E-state index >= 15 is 0 Å². The topological polar surface area (TPSA) is 51.8 Å². The van der Waals surface area contributed by atoms with Gasteiger partial charge in [-0.25, -0.2) is 15.0 Å². The number of furan rings is 1. The summed E-state index contributed by atoms with van der Waals surface area (Å²) in [6, 6.07) is 27.0. The minimum absolute atomic E-state index is 0.0109. The summed E-state index contributed by atoms with van der Waals surface area (Å²) < 4.78 is 119. The maximum Gasteiger partial charge on any atom is 0.164 e. The molecule has 0 saturated carbocycles. The normalized spacial score (nSPS) is 14.8. The lowest BCUT2D eigenvalue weighted by molar-refractivity contribution is 0.669. The molecule has 0 aliphatic heterocycles. The van der Waals surface area contributed by atoms with Gasteiger partial charge in [0, 0.05) is 27.5 Å². The Labute approximate surface area is 325 Å². The quantitative estimate of drug-likeness (QED) is 0.174. The summed E-state index contributed by atoms with van der Waals surface area (Å²) in [5, 5.41) is 2.37. The number of aromatic nitrogens is 3. The number of para-hydroxylation sites is 1. The highest BCUT2D eigenvalue weighted by Gasteiger charge is 2.19. The van der Waals surface area contributed by atoms with Crippen molar-refractivity contribution in [2.45, 2.75) is 0 Å². The Hall–Kier alpha value is -7.17. The summed E-state index contributed by atoms with van der Waals surface area (Å²) in [5.41, 5.74) is 3.04. The molecule has 4 nitrogen and oxygen atoms in total. The van der Waals surface area contributed by atoms with Crippen LogP contribution in [0.2, 0.25) is 0 Å². The lowest BCUT2D eigenvalue weighted by Crippen LogP contribution is -2.01. The van der Waals surface area contributed by atoms with E-state index in [4.69, 9.17) is 33.1 Å². The Morgan fingerprint density at radius 3 is 2.06 bits per heavy atom. The third-order valence-electron chi connectivity index (χ3n) is 9.06. The van der Waals surface area contributed by atoms with Crippen LogP contribution in [-0.2, 0) is 0 Å². The lowest BCUT2D eigenvalue weighted by Gasteiger charge is -2.15. The Kier molecular flexibility index (Phi) is 4.86. The summed E-state index contributed by atoms with van der Waals surface area (Å²) in [6.45, 7) is 0. The fraction of sp³-hybridized carbons (Fsp3) is 0. The fourth-order valence-electron chi connectivity index (χ4n) is 6.60. The summed E-state index contributed by atoms with van der Waals surface area (Å²) in [5.74, 6) is -0.403. The Morgan fingerprint density at radius 2 is 1.15 bits per heavy atom. The minimum atomic E-state index is -0.641. The molecule has 248 valence electrons. The molecule has 2 aromatic heterocycles. The zero-order chi connectivity index (χ0) is 46.5. The van der Waals surface area contributed by atoms with Crippen molar-refractivity contribution >= 4 is 32.7 Å². The zero-order valence-corrected chi connectivity index (χ0v) is 27.6. The van der Waals surface area contributed by atoms with Gasteiger partial charge in [0.2, 0.25) is 0 Å². The number of hydrogen-bond acceptors (Lipinski definition) is 4. The Morgan fingerprint density at radius 1 is 0.377 bits per heavy atom. The number of nitrogens with zero attached hydrogens (tertiary/aromatic N) is 3. The van der Waals surface area contributed by atoms with Crippen molar-refractivity contribution in [2.75, 3.05) is 0 Å². The van der Waals surface area contributed by atoms with Crippen molar-refractivity contribution < 1.29 is 22.2 Å². The molecule has 0 saturated heterocycles. The van der Waals surface area contributed by atoms with Gasteiger partial charge in [0.05, 0.1) is 17.8 Å². The van der Waals surface area contributed by atoms with Gasteiger partial charge >= 0.3 is 0 Å². The van der Waals surface area contributed by atoms with Gasteiger partial charge in [-0.1, -0.05) is 170 Å². The van der Waals surface area contributed by atoms with Crippen LogP contribution >= 0.6 is 0 Å². The van der Waals surface area contributed by atoms with Crippen molar-refractivity contribution in [2.24, 2.45) is 0 Å². The molecular formula is C49H31N3O. The average molecular weight is 691 g/mol. The Balaban J connectivity index is 1.27. The Bertz CT molecular complexity index is 3670. The number of benzene rings is 8. The van der Waals surface area contributed by atoms with Crippen LogP contribution in [0, 0.1) is 0 Å². The molecule has 10 aromatic rings. The molecule has 0 radical (unpaired) electrons. The zero-order valence-electron chi connectivity index (χ0n) is 40.6. The molecule has 53 heavy (non-hydrogen) atoms. The van der Waals surface area contributed by atoms with Crippen LogP contribution in [0.4, 0.5) is 0 Å². The van der Waals surface area contributed by atoms with Crippen molar-refractivity contribution in [3.05, 3.63) is 188 Å². The van der Waals surface area contributed by atoms with Gasteiger partial charge in [0.25, 0.3) is 0 Å². The first-order valence-electron chi connectivity index (χ1n) is 23.2. The van der Waals surface area contributed by atoms with E-state index in [1.807, 2.05) is 84.9 Å². The molecule has 0 amide bonds. The average Bonchev–Trinajstić information content (AvgIpc) is 3.70. The van der Waals surface area contributed by atoms with Crippen molar-refractivity contribution in [1.82, 2.24) is 15.0 Å². The van der Waals surface area contributed by atoms with E-state index in [1.54, 1.807) is 0 Å². The van der Waals surface area contributed by atoms with E-state index in [-0.39, 0.29) is 85.8 Å². The molecule has 0 N–H and O–H groups in total. The highest BCUT2D eigenvalue weighted by Crippen LogP contribution is 2.40. The molecular weight excluding hydrogens is 647 g/mol. The van der Waals surface area contributed by atoms with E-state index in [9.17, 15) is 4.11 Å². The molecule has 0 aliphatic carbocycles. The highest BCUT2D eigenvalue weighted by molar-refractivity contribution is 6.11. The first-order valence-corrected chi connectivity index (χ1v) is 16.7.